The quantitative estimate of drug-likeness (QED) is 0.851. The Balaban J connectivity index is 0.00000106. The molecule has 0 aliphatic carbocycles. The van der Waals surface area contributed by atoms with Crippen LogP contribution in [0.2, 0.25) is 10.0 Å². The molecule has 0 atom stereocenters. The minimum Gasteiger partial charge on any atom is -0.350 e. The van der Waals surface area contributed by atoms with E-state index in [1.54, 1.807) is 18.2 Å². The number of benzene rings is 1. The van der Waals surface area contributed by atoms with E-state index >= 15 is 0 Å². The molecule has 4 heteroatoms. The fourth-order valence-electron chi connectivity index (χ4n) is 0.983. The average Bonchev–Trinajstić information content (AvgIpc) is 2.24. The summed E-state index contributed by atoms with van der Waals surface area (Å²) < 4.78 is 0. The lowest BCUT2D eigenvalue weighted by Crippen LogP contribution is -2.29. The van der Waals surface area contributed by atoms with Gasteiger partial charge in [0.2, 0.25) is 0 Å². The topological polar surface area (TPSA) is 29.1 Å². The molecule has 1 aromatic carbocycles. The minimum absolute atomic E-state index is 0.108. The molecule has 0 aliphatic heterocycles. The van der Waals surface area contributed by atoms with E-state index in [9.17, 15) is 4.79 Å². The summed E-state index contributed by atoms with van der Waals surface area (Å²) in [5.74, 6) is -0.140. The zero-order valence-corrected chi connectivity index (χ0v) is 11.5. The van der Waals surface area contributed by atoms with Crippen LogP contribution < -0.4 is 5.32 Å². The number of nitrogens with one attached hydrogen (secondary N) is 1. The van der Waals surface area contributed by atoms with Gasteiger partial charge in [-0.25, -0.2) is 0 Å². The predicted octanol–water partition coefficient (Wildman–Crippen LogP) is 4.16. The summed E-state index contributed by atoms with van der Waals surface area (Å²) in [7, 11) is 0. The number of rotatable bonds is 2. The van der Waals surface area contributed by atoms with E-state index in [2.05, 4.69) is 5.32 Å². The monoisotopic (exact) mass is 261 g/mol. The molecule has 16 heavy (non-hydrogen) atoms. The first-order valence-corrected chi connectivity index (χ1v) is 6.02. The number of hydrogen-bond acceptors (Lipinski definition) is 1. The molecule has 0 heterocycles. The van der Waals surface area contributed by atoms with Crippen LogP contribution in [0, 0.1) is 0 Å². The highest BCUT2D eigenvalue weighted by Gasteiger charge is 2.08. The van der Waals surface area contributed by atoms with Crippen LogP contribution in [0.4, 0.5) is 0 Å². The molecule has 1 rings (SSSR count). The summed E-state index contributed by atoms with van der Waals surface area (Å²) in [4.78, 5) is 11.5. The van der Waals surface area contributed by atoms with Gasteiger partial charge in [0.25, 0.3) is 5.91 Å². The van der Waals surface area contributed by atoms with Gasteiger partial charge in [-0.15, -0.1) is 0 Å². The Morgan fingerprint density at radius 3 is 2.19 bits per heavy atom. The molecule has 0 saturated carbocycles. The highest BCUT2D eigenvalue weighted by Crippen LogP contribution is 2.22. The van der Waals surface area contributed by atoms with Gasteiger partial charge in [-0.3, -0.25) is 4.79 Å². The summed E-state index contributed by atoms with van der Waals surface area (Å²) in [6.45, 7) is 7.80. The van der Waals surface area contributed by atoms with Gasteiger partial charge in [0.15, 0.2) is 0 Å². The second-order valence-corrected chi connectivity index (χ2v) is 4.07. The van der Waals surface area contributed by atoms with Crippen molar-refractivity contribution in [2.24, 2.45) is 0 Å². The standard InChI is InChI=1S/C10H11Cl2NO.C2H6/c1-6(2)13-10(14)7-3-4-8(11)9(12)5-7;1-2/h3-6H,1-2H3,(H,13,14);1-2H3. The maximum absolute atomic E-state index is 11.5. The van der Waals surface area contributed by atoms with Gasteiger partial charge in [-0.05, 0) is 32.0 Å². The van der Waals surface area contributed by atoms with Crippen molar-refractivity contribution in [3.05, 3.63) is 33.8 Å². The minimum atomic E-state index is -0.140. The lowest BCUT2D eigenvalue weighted by Gasteiger charge is -2.08. The summed E-state index contributed by atoms with van der Waals surface area (Å²) in [6.07, 6.45) is 0. The van der Waals surface area contributed by atoms with Crippen LogP contribution in [-0.2, 0) is 0 Å². The summed E-state index contributed by atoms with van der Waals surface area (Å²) >= 11 is 11.5. The van der Waals surface area contributed by atoms with E-state index in [4.69, 9.17) is 23.2 Å². The Kier molecular flexibility index (Phi) is 7.18. The Morgan fingerprint density at radius 2 is 1.75 bits per heavy atom. The van der Waals surface area contributed by atoms with Crippen LogP contribution in [0.15, 0.2) is 18.2 Å². The van der Waals surface area contributed by atoms with E-state index in [0.29, 0.717) is 15.6 Å². The van der Waals surface area contributed by atoms with Crippen LogP contribution in [0.1, 0.15) is 38.1 Å². The number of carbonyl (C=O) groups is 1. The molecule has 1 amide bonds. The number of amides is 1. The van der Waals surface area contributed by atoms with E-state index in [-0.39, 0.29) is 11.9 Å². The molecule has 1 N–H and O–H groups in total. The molecule has 2 nitrogen and oxygen atoms in total. The fraction of sp³-hybridized carbons (Fsp3) is 0.417. The Morgan fingerprint density at radius 1 is 1.19 bits per heavy atom. The van der Waals surface area contributed by atoms with Gasteiger partial charge in [-0.1, -0.05) is 37.0 Å². The normalized spacial score (nSPS) is 9.44. The van der Waals surface area contributed by atoms with Gasteiger partial charge in [-0.2, -0.15) is 0 Å². The summed E-state index contributed by atoms with van der Waals surface area (Å²) in [5, 5.41) is 3.61. The maximum atomic E-state index is 11.5. The summed E-state index contributed by atoms with van der Waals surface area (Å²) in [5.41, 5.74) is 0.521. The molecule has 0 aromatic heterocycles. The van der Waals surface area contributed by atoms with E-state index < -0.39 is 0 Å². The van der Waals surface area contributed by atoms with Crippen molar-refractivity contribution in [3.8, 4) is 0 Å². The van der Waals surface area contributed by atoms with Gasteiger partial charge >= 0.3 is 0 Å². The predicted molar refractivity (Wildman–Crippen MR) is 70.4 cm³/mol. The molecule has 1 aromatic rings. The molecular formula is C12H17Cl2NO. The first kappa shape index (κ1) is 15.3. The van der Waals surface area contributed by atoms with Crippen molar-refractivity contribution in [2.45, 2.75) is 33.7 Å². The van der Waals surface area contributed by atoms with Gasteiger partial charge < -0.3 is 5.32 Å². The molecular weight excluding hydrogens is 245 g/mol. The maximum Gasteiger partial charge on any atom is 0.251 e. The molecule has 0 spiro atoms. The number of carbonyl (C=O) groups excluding carboxylic acids is 1. The number of hydrogen-bond donors (Lipinski definition) is 1. The first-order chi connectivity index (χ1) is 7.50. The smallest absolute Gasteiger partial charge is 0.251 e. The molecule has 0 saturated heterocycles. The van der Waals surface area contributed by atoms with Crippen molar-refractivity contribution in [1.29, 1.82) is 0 Å². The third-order valence-electron chi connectivity index (χ3n) is 1.60. The summed E-state index contributed by atoms with van der Waals surface area (Å²) in [6, 6.07) is 4.92. The third-order valence-corrected chi connectivity index (χ3v) is 2.34. The fourth-order valence-corrected chi connectivity index (χ4v) is 1.28. The van der Waals surface area contributed by atoms with Gasteiger partial charge in [0.1, 0.15) is 0 Å². The van der Waals surface area contributed by atoms with Crippen molar-refractivity contribution in [3.63, 3.8) is 0 Å². The Labute approximate surface area is 107 Å². The molecule has 0 aliphatic rings. The van der Waals surface area contributed by atoms with Crippen molar-refractivity contribution >= 4 is 29.1 Å². The zero-order chi connectivity index (χ0) is 12.7. The van der Waals surface area contributed by atoms with Gasteiger partial charge in [0, 0.05) is 11.6 Å². The van der Waals surface area contributed by atoms with Crippen LogP contribution in [0.25, 0.3) is 0 Å². The zero-order valence-electron chi connectivity index (χ0n) is 9.97. The second kappa shape index (κ2) is 7.53. The number of halogens is 2. The van der Waals surface area contributed by atoms with Crippen molar-refractivity contribution in [2.75, 3.05) is 0 Å². The largest absolute Gasteiger partial charge is 0.350 e. The highest BCUT2D eigenvalue weighted by atomic mass is 35.5. The molecule has 0 radical (unpaired) electrons. The van der Waals surface area contributed by atoms with E-state index in [1.807, 2.05) is 27.7 Å². The van der Waals surface area contributed by atoms with E-state index in [1.165, 1.54) is 0 Å². The highest BCUT2D eigenvalue weighted by molar-refractivity contribution is 6.42. The van der Waals surface area contributed by atoms with Gasteiger partial charge in [0.05, 0.1) is 10.0 Å². The van der Waals surface area contributed by atoms with Crippen molar-refractivity contribution < 1.29 is 4.79 Å². The first-order valence-electron chi connectivity index (χ1n) is 5.26. The van der Waals surface area contributed by atoms with Crippen LogP contribution in [0.5, 0.6) is 0 Å². The molecule has 90 valence electrons. The van der Waals surface area contributed by atoms with E-state index in [0.717, 1.165) is 0 Å². The molecule has 0 bridgehead atoms. The molecule has 0 unspecified atom stereocenters. The van der Waals surface area contributed by atoms with Crippen LogP contribution in [0.3, 0.4) is 0 Å². The lowest BCUT2D eigenvalue weighted by atomic mass is 10.2. The average molecular weight is 262 g/mol. The SMILES string of the molecule is CC.CC(C)NC(=O)c1ccc(Cl)c(Cl)c1. The lowest BCUT2D eigenvalue weighted by molar-refractivity contribution is 0.0943. The third kappa shape index (κ3) is 4.86. The van der Waals surface area contributed by atoms with Crippen molar-refractivity contribution in [1.82, 2.24) is 5.32 Å². The molecule has 0 fully saturated rings. The van der Waals surface area contributed by atoms with Crippen LogP contribution in [-0.4, -0.2) is 11.9 Å². The van der Waals surface area contributed by atoms with Crippen LogP contribution >= 0.6 is 23.2 Å². The second-order valence-electron chi connectivity index (χ2n) is 3.26. The Bertz CT molecular complexity index is 351. The Hall–Kier alpha value is -0.730.